The number of halogens is 1. The van der Waals surface area contributed by atoms with Crippen molar-refractivity contribution < 1.29 is 19.4 Å². The standard InChI is InChI=1S/C19H19ClN4O4/c1-27-18(26)10-16-21-13(9-15(20)22-16)19-12-8-11(25)5-6-14(12)24(23-19)17-4-2-3-7-28-17/h5-6,8-9,17,25H,2-4,7,10H2,1H3. The molecule has 1 aliphatic rings. The minimum absolute atomic E-state index is 0.0975. The van der Waals surface area contributed by atoms with Gasteiger partial charge in [-0.15, -0.1) is 0 Å². The Morgan fingerprint density at radius 2 is 2.21 bits per heavy atom. The molecule has 9 heteroatoms. The lowest BCUT2D eigenvalue weighted by Gasteiger charge is -2.23. The second-order valence-corrected chi connectivity index (χ2v) is 6.95. The van der Waals surface area contributed by atoms with Gasteiger partial charge in [-0.25, -0.2) is 14.6 Å². The smallest absolute Gasteiger partial charge is 0.313 e. The molecule has 3 heterocycles. The first-order valence-corrected chi connectivity index (χ1v) is 9.36. The number of ether oxygens (including phenoxy) is 2. The summed E-state index contributed by atoms with van der Waals surface area (Å²) in [5.74, 6) is -0.101. The molecule has 1 fully saturated rings. The van der Waals surface area contributed by atoms with Crippen molar-refractivity contribution in [2.45, 2.75) is 31.9 Å². The van der Waals surface area contributed by atoms with E-state index < -0.39 is 5.97 Å². The summed E-state index contributed by atoms with van der Waals surface area (Å²) < 4.78 is 12.4. The SMILES string of the molecule is COC(=O)Cc1nc(Cl)cc(-c2nn(C3CCCCO3)c3ccc(O)cc23)n1. The lowest BCUT2D eigenvalue weighted by molar-refractivity contribution is -0.139. The van der Waals surface area contributed by atoms with Gasteiger partial charge in [0.25, 0.3) is 0 Å². The fourth-order valence-corrected chi connectivity index (χ4v) is 3.52. The number of carbonyl (C=O) groups is 1. The van der Waals surface area contributed by atoms with Crippen LogP contribution in [0.25, 0.3) is 22.3 Å². The molecule has 28 heavy (non-hydrogen) atoms. The normalized spacial score (nSPS) is 17.0. The first-order chi connectivity index (χ1) is 13.5. The molecule has 0 radical (unpaired) electrons. The Labute approximate surface area is 166 Å². The average Bonchev–Trinajstić information content (AvgIpc) is 3.06. The molecular weight excluding hydrogens is 384 g/mol. The summed E-state index contributed by atoms with van der Waals surface area (Å²) in [6.07, 6.45) is 2.67. The summed E-state index contributed by atoms with van der Waals surface area (Å²) in [5, 5.41) is 15.6. The maximum Gasteiger partial charge on any atom is 0.313 e. The number of benzene rings is 1. The van der Waals surface area contributed by atoms with Gasteiger partial charge in [0.2, 0.25) is 0 Å². The summed E-state index contributed by atoms with van der Waals surface area (Å²) in [6.45, 7) is 0.683. The van der Waals surface area contributed by atoms with E-state index >= 15 is 0 Å². The summed E-state index contributed by atoms with van der Waals surface area (Å²) in [5.41, 5.74) is 1.82. The molecule has 146 valence electrons. The fourth-order valence-electron chi connectivity index (χ4n) is 3.32. The molecule has 3 aromatic rings. The highest BCUT2D eigenvalue weighted by Crippen LogP contribution is 2.34. The molecule has 1 aliphatic heterocycles. The molecule has 4 rings (SSSR count). The third-order valence-corrected chi connectivity index (χ3v) is 4.83. The van der Waals surface area contributed by atoms with Gasteiger partial charge in [0.1, 0.15) is 28.8 Å². The third-order valence-electron chi connectivity index (χ3n) is 4.63. The molecule has 1 aromatic carbocycles. The number of hydrogen-bond acceptors (Lipinski definition) is 7. The minimum atomic E-state index is -0.461. The van der Waals surface area contributed by atoms with Crippen molar-refractivity contribution in [3.05, 3.63) is 35.2 Å². The quantitative estimate of drug-likeness (QED) is 0.528. The van der Waals surface area contributed by atoms with Crippen molar-refractivity contribution in [1.29, 1.82) is 0 Å². The highest BCUT2D eigenvalue weighted by molar-refractivity contribution is 6.29. The van der Waals surface area contributed by atoms with E-state index in [-0.39, 0.29) is 29.4 Å². The van der Waals surface area contributed by atoms with E-state index in [2.05, 4.69) is 14.7 Å². The van der Waals surface area contributed by atoms with Crippen LogP contribution in [0.3, 0.4) is 0 Å². The molecule has 2 aromatic heterocycles. The van der Waals surface area contributed by atoms with Crippen molar-refractivity contribution in [3.8, 4) is 17.1 Å². The lowest BCUT2D eigenvalue weighted by Crippen LogP contribution is -2.19. The summed E-state index contributed by atoms with van der Waals surface area (Å²) in [7, 11) is 1.30. The van der Waals surface area contributed by atoms with Crippen LogP contribution in [0.4, 0.5) is 0 Å². The molecule has 0 saturated carbocycles. The molecule has 1 N–H and O–H groups in total. The third kappa shape index (κ3) is 3.65. The first-order valence-electron chi connectivity index (χ1n) is 8.98. The van der Waals surface area contributed by atoms with Crippen molar-refractivity contribution >= 4 is 28.5 Å². The van der Waals surface area contributed by atoms with Crippen molar-refractivity contribution in [2.24, 2.45) is 0 Å². The minimum Gasteiger partial charge on any atom is -0.508 e. The molecule has 8 nitrogen and oxygen atoms in total. The fraction of sp³-hybridized carbons (Fsp3) is 0.368. The highest BCUT2D eigenvalue weighted by atomic mass is 35.5. The van der Waals surface area contributed by atoms with E-state index in [0.29, 0.717) is 23.4 Å². The Balaban J connectivity index is 1.84. The maximum atomic E-state index is 11.6. The summed E-state index contributed by atoms with van der Waals surface area (Å²) in [6, 6.07) is 6.63. The molecule has 0 bridgehead atoms. The van der Waals surface area contributed by atoms with Crippen LogP contribution in [-0.2, 0) is 20.7 Å². The van der Waals surface area contributed by atoms with Gasteiger partial charge in [0.15, 0.2) is 6.23 Å². The van der Waals surface area contributed by atoms with Crippen LogP contribution in [-0.4, -0.2) is 44.5 Å². The predicted octanol–water partition coefficient (Wildman–Crippen LogP) is 3.27. The van der Waals surface area contributed by atoms with Crippen LogP contribution in [0.15, 0.2) is 24.3 Å². The molecule has 1 atom stereocenters. The van der Waals surface area contributed by atoms with Crippen LogP contribution in [0.2, 0.25) is 5.15 Å². The van der Waals surface area contributed by atoms with Gasteiger partial charge in [-0.05, 0) is 37.5 Å². The van der Waals surface area contributed by atoms with E-state index in [0.717, 1.165) is 24.8 Å². The molecule has 0 aliphatic carbocycles. The van der Waals surface area contributed by atoms with E-state index in [1.54, 1.807) is 24.3 Å². The van der Waals surface area contributed by atoms with Gasteiger partial charge in [0.05, 0.1) is 18.3 Å². The number of aromatic nitrogens is 4. The largest absolute Gasteiger partial charge is 0.508 e. The number of esters is 1. The van der Waals surface area contributed by atoms with Crippen molar-refractivity contribution in [2.75, 3.05) is 13.7 Å². The van der Waals surface area contributed by atoms with Crippen molar-refractivity contribution in [3.63, 3.8) is 0 Å². The van der Waals surface area contributed by atoms with E-state index in [9.17, 15) is 9.90 Å². The Morgan fingerprint density at radius 3 is 2.96 bits per heavy atom. The van der Waals surface area contributed by atoms with Crippen LogP contribution in [0, 0.1) is 0 Å². The number of nitrogens with zero attached hydrogens (tertiary/aromatic N) is 4. The summed E-state index contributed by atoms with van der Waals surface area (Å²) in [4.78, 5) is 20.1. The number of rotatable bonds is 4. The first kappa shape index (κ1) is 18.6. The number of methoxy groups -OCH3 is 1. The van der Waals surface area contributed by atoms with Gasteiger partial charge < -0.3 is 14.6 Å². The number of hydrogen-bond donors (Lipinski definition) is 1. The number of phenols is 1. The van der Waals surface area contributed by atoms with Crippen LogP contribution in [0.1, 0.15) is 31.3 Å². The molecule has 0 amide bonds. The number of fused-ring (bicyclic) bond motifs is 1. The lowest BCUT2D eigenvalue weighted by atomic mass is 10.1. The Hall–Kier alpha value is -2.71. The van der Waals surface area contributed by atoms with Gasteiger partial charge in [-0.2, -0.15) is 5.10 Å². The van der Waals surface area contributed by atoms with Crippen LogP contribution < -0.4 is 0 Å². The maximum absolute atomic E-state index is 11.6. The Kier molecular flexibility index (Phi) is 5.15. The number of carbonyl (C=O) groups excluding carboxylic acids is 1. The molecule has 1 unspecified atom stereocenters. The van der Waals surface area contributed by atoms with Crippen molar-refractivity contribution in [1.82, 2.24) is 19.7 Å². The number of phenolic OH excluding ortho intramolecular Hbond substituents is 1. The summed E-state index contributed by atoms with van der Waals surface area (Å²) >= 11 is 6.15. The second kappa shape index (κ2) is 7.73. The van der Waals surface area contributed by atoms with Gasteiger partial charge in [0, 0.05) is 18.1 Å². The molecular formula is C19H19ClN4O4. The van der Waals surface area contributed by atoms with E-state index in [4.69, 9.17) is 21.4 Å². The highest BCUT2D eigenvalue weighted by Gasteiger charge is 2.23. The average molecular weight is 403 g/mol. The molecule has 0 spiro atoms. The Bertz CT molecular complexity index is 1030. The Morgan fingerprint density at radius 1 is 1.36 bits per heavy atom. The predicted molar refractivity (Wildman–Crippen MR) is 102 cm³/mol. The van der Waals surface area contributed by atoms with Gasteiger partial charge >= 0.3 is 5.97 Å². The zero-order valence-corrected chi connectivity index (χ0v) is 16.0. The van der Waals surface area contributed by atoms with E-state index in [1.165, 1.54) is 7.11 Å². The van der Waals surface area contributed by atoms with Gasteiger partial charge in [-0.3, -0.25) is 4.79 Å². The topological polar surface area (TPSA) is 99.4 Å². The van der Waals surface area contributed by atoms with Crippen LogP contribution in [0.5, 0.6) is 5.75 Å². The van der Waals surface area contributed by atoms with Gasteiger partial charge in [-0.1, -0.05) is 11.6 Å². The zero-order valence-electron chi connectivity index (χ0n) is 15.3. The van der Waals surface area contributed by atoms with E-state index in [1.807, 2.05) is 4.68 Å². The monoisotopic (exact) mass is 402 g/mol. The second-order valence-electron chi connectivity index (χ2n) is 6.56. The van der Waals surface area contributed by atoms with Crippen LogP contribution >= 0.6 is 11.6 Å². The molecule has 1 saturated heterocycles. The number of aromatic hydroxyl groups is 1. The zero-order chi connectivity index (χ0) is 19.7.